The molecule has 4 aromatic rings. The molecule has 1 fully saturated rings. The van der Waals surface area contributed by atoms with Gasteiger partial charge in [-0.05, 0) is 30.0 Å². The van der Waals surface area contributed by atoms with Crippen molar-refractivity contribution in [1.82, 2.24) is 14.5 Å². The van der Waals surface area contributed by atoms with Crippen molar-refractivity contribution in [1.29, 1.82) is 0 Å². The second-order valence-corrected chi connectivity index (χ2v) is 9.22. The number of rotatable bonds is 4. The molecule has 2 aromatic carbocycles. The standard InChI is InChI=1S/C27H25N3O3/c31-23-12-6-11-22-19-13-17(15-30(22)23)14-29(16-19)26(27(32)33)24-20-9-4-5-10-21(20)28-25(24)18-7-2-1-3-8-18/h1-12,17,19,26,28H,13-16H2,(H,32,33). The zero-order valence-electron chi connectivity index (χ0n) is 18.1. The lowest BCUT2D eigenvalue weighted by molar-refractivity contribution is -0.144. The molecule has 6 heteroatoms. The SMILES string of the molecule is O=C(O)C(c1c(-c2ccccc2)[nH]c2ccccc12)N1CC2CC(C1)c1cccc(=O)n1C2. The number of hydrogen-bond acceptors (Lipinski definition) is 3. The number of aromatic amines is 1. The van der Waals surface area contributed by atoms with E-state index in [0.717, 1.165) is 39.8 Å². The molecule has 4 heterocycles. The Morgan fingerprint density at radius 1 is 0.939 bits per heavy atom. The van der Waals surface area contributed by atoms with Crippen LogP contribution in [0.4, 0.5) is 0 Å². The molecular weight excluding hydrogens is 414 g/mol. The Morgan fingerprint density at radius 2 is 1.73 bits per heavy atom. The Kier molecular flexibility index (Phi) is 4.69. The fraction of sp³-hybridized carbons (Fsp3) is 0.259. The molecule has 3 unspecified atom stereocenters. The summed E-state index contributed by atoms with van der Waals surface area (Å²) >= 11 is 0. The molecule has 0 aliphatic carbocycles. The number of fused-ring (bicyclic) bond motifs is 5. The molecule has 0 spiro atoms. The molecule has 0 saturated carbocycles. The lowest BCUT2D eigenvalue weighted by Gasteiger charge is -2.44. The number of pyridine rings is 1. The number of carboxylic acid groups (broad SMARTS) is 1. The lowest BCUT2D eigenvalue weighted by Crippen LogP contribution is -2.49. The highest BCUT2D eigenvalue weighted by Crippen LogP contribution is 2.42. The van der Waals surface area contributed by atoms with Gasteiger partial charge in [0.15, 0.2) is 0 Å². The third-order valence-electron chi connectivity index (χ3n) is 7.19. The third-order valence-corrected chi connectivity index (χ3v) is 7.19. The molecule has 2 N–H and O–H groups in total. The number of benzene rings is 2. The highest BCUT2D eigenvalue weighted by atomic mass is 16.4. The first-order valence-electron chi connectivity index (χ1n) is 11.4. The number of carboxylic acids is 1. The monoisotopic (exact) mass is 439 g/mol. The Bertz CT molecular complexity index is 1410. The molecule has 2 aromatic heterocycles. The summed E-state index contributed by atoms with van der Waals surface area (Å²) in [6, 6.07) is 22.5. The van der Waals surface area contributed by atoms with Crippen LogP contribution in [-0.2, 0) is 11.3 Å². The van der Waals surface area contributed by atoms with Gasteiger partial charge < -0.3 is 14.7 Å². The number of nitrogens with zero attached hydrogens (tertiary/aromatic N) is 2. The van der Waals surface area contributed by atoms with Crippen molar-refractivity contribution in [2.24, 2.45) is 5.92 Å². The zero-order valence-corrected chi connectivity index (χ0v) is 18.1. The summed E-state index contributed by atoms with van der Waals surface area (Å²) in [5.74, 6) is -0.440. The summed E-state index contributed by atoms with van der Waals surface area (Å²) in [4.78, 5) is 30.8. The van der Waals surface area contributed by atoms with Gasteiger partial charge in [-0.15, -0.1) is 0 Å². The molecule has 0 amide bonds. The maximum Gasteiger partial charge on any atom is 0.325 e. The second kappa shape index (κ2) is 7.74. The third kappa shape index (κ3) is 3.29. The van der Waals surface area contributed by atoms with Gasteiger partial charge in [-0.1, -0.05) is 54.6 Å². The summed E-state index contributed by atoms with van der Waals surface area (Å²) in [6.45, 7) is 1.92. The predicted molar refractivity (Wildman–Crippen MR) is 127 cm³/mol. The van der Waals surface area contributed by atoms with Crippen LogP contribution in [0.25, 0.3) is 22.2 Å². The molecule has 166 valence electrons. The van der Waals surface area contributed by atoms with Crippen molar-refractivity contribution in [3.63, 3.8) is 0 Å². The van der Waals surface area contributed by atoms with E-state index in [0.29, 0.717) is 19.6 Å². The molecule has 2 bridgehead atoms. The summed E-state index contributed by atoms with van der Waals surface area (Å²) < 4.78 is 1.88. The van der Waals surface area contributed by atoms with Crippen LogP contribution in [0, 0.1) is 5.92 Å². The van der Waals surface area contributed by atoms with Gasteiger partial charge in [-0.25, -0.2) is 0 Å². The van der Waals surface area contributed by atoms with Gasteiger partial charge in [0, 0.05) is 53.8 Å². The van der Waals surface area contributed by atoms with Gasteiger partial charge >= 0.3 is 5.97 Å². The Labute approximate surface area is 191 Å². The average molecular weight is 440 g/mol. The summed E-state index contributed by atoms with van der Waals surface area (Å²) in [6.07, 6.45) is 0.992. The zero-order chi connectivity index (χ0) is 22.5. The van der Waals surface area contributed by atoms with Crippen LogP contribution in [0.3, 0.4) is 0 Å². The smallest absolute Gasteiger partial charge is 0.325 e. The van der Waals surface area contributed by atoms with Gasteiger partial charge in [0.2, 0.25) is 0 Å². The number of carbonyl (C=O) groups is 1. The normalized spacial score (nSPS) is 21.0. The van der Waals surface area contributed by atoms with Crippen molar-refractivity contribution in [3.05, 3.63) is 94.4 Å². The predicted octanol–water partition coefficient (Wildman–Crippen LogP) is 4.24. The van der Waals surface area contributed by atoms with Crippen molar-refractivity contribution < 1.29 is 9.90 Å². The molecule has 0 radical (unpaired) electrons. The maximum absolute atomic E-state index is 12.8. The topological polar surface area (TPSA) is 78.3 Å². The summed E-state index contributed by atoms with van der Waals surface area (Å²) in [7, 11) is 0. The number of aromatic nitrogens is 2. The minimum absolute atomic E-state index is 0.0356. The summed E-state index contributed by atoms with van der Waals surface area (Å²) in [5, 5.41) is 11.5. The minimum atomic E-state index is -0.845. The highest BCUT2D eigenvalue weighted by molar-refractivity contribution is 5.95. The molecule has 1 saturated heterocycles. The van der Waals surface area contributed by atoms with E-state index < -0.39 is 12.0 Å². The van der Waals surface area contributed by atoms with Gasteiger partial charge in [-0.2, -0.15) is 0 Å². The Morgan fingerprint density at radius 3 is 2.55 bits per heavy atom. The van der Waals surface area contributed by atoms with Crippen LogP contribution in [0.2, 0.25) is 0 Å². The molecule has 6 rings (SSSR count). The number of piperidine rings is 1. The molecule has 2 aliphatic heterocycles. The van der Waals surface area contributed by atoms with Crippen LogP contribution in [0.15, 0.2) is 77.6 Å². The fourth-order valence-corrected chi connectivity index (χ4v) is 5.89. The van der Waals surface area contributed by atoms with Crippen LogP contribution in [0.5, 0.6) is 0 Å². The van der Waals surface area contributed by atoms with E-state index in [1.807, 2.05) is 71.3 Å². The molecule has 2 aliphatic rings. The van der Waals surface area contributed by atoms with E-state index in [4.69, 9.17) is 0 Å². The molecule has 6 nitrogen and oxygen atoms in total. The van der Waals surface area contributed by atoms with Crippen LogP contribution in [0.1, 0.15) is 29.6 Å². The first-order valence-corrected chi connectivity index (χ1v) is 11.4. The number of H-pyrrole nitrogens is 1. The van der Waals surface area contributed by atoms with E-state index in [2.05, 4.69) is 9.88 Å². The van der Waals surface area contributed by atoms with Gasteiger partial charge in [0.05, 0.1) is 5.69 Å². The van der Waals surface area contributed by atoms with Gasteiger partial charge in [-0.3, -0.25) is 14.5 Å². The number of aliphatic carboxylic acids is 1. The van der Waals surface area contributed by atoms with E-state index in [-0.39, 0.29) is 17.4 Å². The first-order chi connectivity index (χ1) is 16.1. The van der Waals surface area contributed by atoms with E-state index in [1.165, 1.54) is 0 Å². The summed E-state index contributed by atoms with van der Waals surface area (Å²) in [5.41, 5.74) is 4.64. The maximum atomic E-state index is 12.8. The number of hydrogen-bond donors (Lipinski definition) is 2. The molecular formula is C27H25N3O3. The van der Waals surface area contributed by atoms with Crippen LogP contribution >= 0.6 is 0 Å². The average Bonchev–Trinajstić information content (AvgIpc) is 3.20. The first kappa shape index (κ1) is 20.0. The number of para-hydroxylation sites is 1. The van der Waals surface area contributed by atoms with E-state index in [9.17, 15) is 14.7 Å². The highest BCUT2D eigenvalue weighted by Gasteiger charge is 2.41. The van der Waals surface area contributed by atoms with Crippen molar-refractivity contribution in [2.45, 2.75) is 24.9 Å². The Balaban J connectivity index is 1.48. The number of likely N-dealkylation sites (tertiary alicyclic amines) is 1. The van der Waals surface area contributed by atoms with Gasteiger partial charge in [0.25, 0.3) is 5.56 Å². The van der Waals surface area contributed by atoms with Crippen molar-refractivity contribution in [2.75, 3.05) is 13.1 Å². The second-order valence-electron chi connectivity index (χ2n) is 9.22. The van der Waals surface area contributed by atoms with Gasteiger partial charge in [0.1, 0.15) is 6.04 Å². The lowest BCUT2D eigenvalue weighted by atomic mass is 9.81. The molecule has 33 heavy (non-hydrogen) atoms. The molecule has 3 atom stereocenters. The van der Waals surface area contributed by atoms with Crippen molar-refractivity contribution >= 4 is 16.9 Å². The fourth-order valence-electron chi connectivity index (χ4n) is 5.89. The van der Waals surface area contributed by atoms with Crippen LogP contribution in [-0.4, -0.2) is 38.6 Å². The largest absolute Gasteiger partial charge is 0.480 e. The van der Waals surface area contributed by atoms with Crippen LogP contribution < -0.4 is 5.56 Å². The van der Waals surface area contributed by atoms with E-state index in [1.54, 1.807) is 6.07 Å². The number of nitrogens with one attached hydrogen (secondary N) is 1. The van der Waals surface area contributed by atoms with E-state index >= 15 is 0 Å². The Hall–Kier alpha value is -3.64. The minimum Gasteiger partial charge on any atom is -0.480 e. The van der Waals surface area contributed by atoms with Crippen molar-refractivity contribution in [3.8, 4) is 11.3 Å². The quantitative estimate of drug-likeness (QED) is 0.499.